The third kappa shape index (κ3) is 5.93. The summed E-state index contributed by atoms with van der Waals surface area (Å²) in [6.07, 6.45) is -12.4. The predicted molar refractivity (Wildman–Crippen MR) is 127 cm³/mol. The van der Waals surface area contributed by atoms with Crippen molar-refractivity contribution < 1.29 is 36.2 Å². The van der Waals surface area contributed by atoms with Gasteiger partial charge in [-0.3, -0.25) is 0 Å². The number of benzene rings is 2. The zero-order valence-corrected chi connectivity index (χ0v) is 20.0. The van der Waals surface area contributed by atoms with Gasteiger partial charge in [0.25, 0.3) is 0 Å². The highest BCUT2D eigenvalue weighted by molar-refractivity contribution is 5.79. The lowest BCUT2D eigenvalue weighted by Crippen LogP contribution is -2.48. The van der Waals surface area contributed by atoms with Gasteiger partial charge in [0, 0.05) is 12.6 Å². The summed E-state index contributed by atoms with van der Waals surface area (Å²) >= 11 is 0. The fraction of sp³-hybridized carbons (Fsp3) is 0.346. The van der Waals surface area contributed by atoms with Crippen LogP contribution >= 0.6 is 0 Å². The minimum absolute atomic E-state index is 0.0268. The number of nitrogens with zero attached hydrogens (tertiary/aromatic N) is 3. The van der Waals surface area contributed by atoms with E-state index in [1.807, 2.05) is 13.8 Å². The minimum atomic E-state index is -4.91. The molecule has 0 amide bonds. The Hall–Kier alpha value is -3.47. The summed E-state index contributed by atoms with van der Waals surface area (Å²) in [7, 11) is 0. The lowest BCUT2D eigenvalue weighted by atomic mass is 9.97. The van der Waals surface area contributed by atoms with E-state index >= 15 is 0 Å². The Morgan fingerprint density at radius 3 is 2.27 bits per heavy atom. The average molecular weight is 525 g/mol. The van der Waals surface area contributed by atoms with E-state index in [0.717, 1.165) is 12.1 Å². The Balaban J connectivity index is 1.84. The lowest BCUT2D eigenvalue weighted by molar-refractivity contribution is -0.200. The Morgan fingerprint density at radius 1 is 0.946 bits per heavy atom. The molecule has 1 N–H and O–H groups in total. The van der Waals surface area contributed by atoms with Gasteiger partial charge in [-0.25, -0.2) is 0 Å². The molecule has 0 aliphatic carbocycles. The number of aliphatic hydroxyl groups excluding tert-OH is 1. The van der Waals surface area contributed by atoms with Crippen LogP contribution in [0.4, 0.5) is 43.5 Å². The van der Waals surface area contributed by atoms with Crippen molar-refractivity contribution in [3.63, 3.8) is 0 Å². The first-order valence-corrected chi connectivity index (χ1v) is 11.5. The number of aliphatic hydroxyl groups is 1. The average Bonchev–Trinajstić information content (AvgIpc) is 2.83. The van der Waals surface area contributed by atoms with Gasteiger partial charge in [0.05, 0.1) is 35.6 Å². The van der Waals surface area contributed by atoms with Gasteiger partial charge in [0.2, 0.25) is 5.88 Å². The molecule has 3 aromatic rings. The number of halogens is 6. The molecule has 1 aliphatic heterocycles. The predicted octanol–water partition coefficient (Wildman–Crippen LogP) is 6.51. The van der Waals surface area contributed by atoms with E-state index in [1.54, 1.807) is 47.4 Å². The summed E-state index contributed by atoms with van der Waals surface area (Å²) in [5, 5.41) is 9.93. The van der Waals surface area contributed by atoms with Crippen molar-refractivity contribution in [2.75, 3.05) is 22.9 Å². The van der Waals surface area contributed by atoms with Gasteiger partial charge in [-0.15, -0.1) is 0 Å². The number of fused-ring (bicyclic) bond motifs is 1. The summed E-state index contributed by atoms with van der Waals surface area (Å²) < 4.78 is 86.2. The van der Waals surface area contributed by atoms with Crippen molar-refractivity contribution in [3.05, 3.63) is 77.9 Å². The first kappa shape index (κ1) is 26.6. The maximum atomic E-state index is 13.5. The number of ether oxygens (including phenoxy) is 1. The molecule has 11 heteroatoms. The van der Waals surface area contributed by atoms with Crippen LogP contribution in [0.5, 0.6) is 5.88 Å². The fourth-order valence-electron chi connectivity index (χ4n) is 4.27. The van der Waals surface area contributed by atoms with Gasteiger partial charge < -0.3 is 19.6 Å². The summed E-state index contributed by atoms with van der Waals surface area (Å²) in [5.74, 6) is 0.745. The maximum absolute atomic E-state index is 13.5. The van der Waals surface area contributed by atoms with Gasteiger partial charge in [-0.1, -0.05) is 30.3 Å². The van der Waals surface area contributed by atoms with Crippen molar-refractivity contribution in [2.45, 2.75) is 44.4 Å². The fourth-order valence-corrected chi connectivity index (χ4v) is 4.27. The van der Waals surface area contributed by atoms with E-state index in [0.29, 0.717) is 23.1 Å². The number of aromatic nitrogens is 1. The minimum Gasteiger partial charge on any atom is -0.475 e. The van der Waals surface area contributed by atoms with Crippen LogP contribution in [0.15, 0.2) is 66.7 Å². The number of hydrogen-bond acceptors (Lipinski definition) is 5. The SMILES string of the molecule is CC(C)Oc1cccc(N2C[C@@H](c3cccc(C(F)(F)F)c3)N(C[C@@H](O)C(F)(F)F)c3ccccc32)n1. The topological polar surface area (TPSA) is 48.8 Å². The second-order valence-corrected chi connectivity index (χ2v) is 8.95. The van der Waals surface area contributed by atoms with Crippen LogP contribution in [-0.2, 0) is 6.18 Å². The third-order valence-corrected chi connectivity index (χ3v) is 5.90. The first-order valence-electron chi connectivity index (χ1n) is 11.5. The lowest BCUT2D eigenvalue weighted by Gasteiger charge is -2.45. The largest absolute Gasteiger partial charge is 0.475 e. The zero-order valence-electron chi connectivity index (χ0n) is 20.0. The Kier molecular flexibility index (Phi) is 7.27. The molecule has 0 bridgehead atoms. The van der Waals surface area contributed by atoms with Crippen molar-refractivity contribution >= 4 is 17.2 Å². The highest BCUT2D eigenvalue weighted by Crippen LogP contribution is 2.45. The summed E-state index contributed by atoms with van der Waals surface area (Å²) in [5.41, 5.74) is 0.0428. The normalized spacial score (nSPS) is 17.1. The second kappa shape index (κ2) is 10.1. The molecule has 0 saturated carbocycles. The molecule has 0 radical (unpaired) electrons. The second-order valence-electron chi connectivity index (χ2n) is 8.95. The van der Waals surface area contributed by atoms with Gasteiger partial charge in [-0.05, 0) is 49.7 Å². The van der Waals surface area contributed by atoms with E-state index < -0.39 is 36.6 Å². The molecule has 5 nitrogen and oxygen atoms in total. The molecule has 4 rings (SSSR count). The van der Waals surface area contributed by atoms with E-state index in [-0.39, 0.29) is 18.2 Å². The van der Waals surface area contributed by atoms with E-state index in [4.69, 9.17) is 4.74 Å². The van der Waals surface area contributed by atoms with E-state index in [9.17, 15) is 31.4 Å². The number of anilines is 3. The number of hydrogen-bond donors (Lipinski definition) is 1. The summed E-state index contributed by atoms with van der Waals surface area (Å²) in [6, 6.07) is 15.1. The van der Waals surface area contributed by atoms with Crippen LogP contribution in [0.3, 0.4) is 0 Å². The van der Waals surface area contributed by atoms with E-state index in [2.05, 4.69) is 4.98 Å². The molecule has 0 unspecified atom stereocenters. The number of alkyl halides is 6. The first-order chi connectivity index (χ1) is 17.3. The zero-order chi connectivity index (χ0) is 27.0. The summed E-state index contributed by atoms with van der Waals surface area (Å²) in [6.45, 7) is 2.77. The van der Waals surface area contributed by atoms with Crippen LogP contribution < -0.4 is 14.5 Å². The monoisotopic (exact) mass is 525 g/mol. The van der Waals surface area contributed by atoms with Crippen LogP contribution in [0.2, 0.25) is 0 Å². The molecule has 2 atom stereocenters. The standard InChI is InChI=1S/C26H25F6N3O2/c1-16(2)37-24-12-6-11-23(33-24)35-14-21(17-7-5-8-18(13-17)25(27,28)29)34(15-22(36)26(30,31)32)19-9-3-4-10-20(19)35/h3-13,16,21-22,36H,14-15H2,1-2H3/t21-,22+/m0/s1. The van der Waals surface area contributed by atoms with Crippen molar-refractivity contribution in [1.82, 2.24) is 4.98 Å². The van der Waals surface area contributed by atoms with Gasteiger partial charge in [-0.2, -0.15) is 31.3 Å². The van der Waals surface area contributed by atoms with Crippen LogP contribution in [0, 0.1) is 0 Å². The number of para-hydroxylation sites is 2. The molecule has 1 aromatic heterocycles. The molecule has 2 aromatic carbocycles. The van der Waals surface area contributed by atoms with Crippen LogP contribution in [-0.4, -0.2) is 41.6 Å². The molecular formula is C26H25F6N3O2. The maximum Gasteiger partial charge on any atom is 0.416 e. The quantitative estimate of drug-likeness (QED) is 0.372. The molecule has 2 heterocycles. The van der Waals surface area contributed by atoms with E-state index in [1.165, 1.54) is 17.0 Å². The number of pyridine rings is 1. The van der Waals surface area contributed by atoms with Gasteiger partial charge >= 0.3 is 12.4 Å². The van der Waals surface area contributed by atoms with Crippen molar-refractivity contribution in [2.24, 2.45) is 0 Å². The molecular weight excluding hydrogens is 500 g/mol. The molecule has 0 spiro atoms. The smallest absolute Gasteiger partial charge is 0.416 e. The highest BCUT2D eigenvalue weighted by atomic mass is 19.4. The number of rotatable bonds is 6. The van der Waals surface area contributed by atoms with Crippen LogP contribution in [0.1, 0.15) is 31.0 Å². The molecule has 37 heavy (non-hydrogen) atoms. The van der Waals surface area contributed by atoms with Crippen molar-refractivity contribution in [3.8, 4) is 5.88 Å². The van der Waals surface area contributed by atoms with Gasteiger partial charge in [0.1, 0.15) is 5.82 Å². The molecule has 1 aliphatic rings. The van der Waals surface area contributed by atoms with Gasteiger partial charge in [0.15, 0.2) is 6.10 Å². The third-order valence-electron chi connectivity index (χ3n) is 5.90. The van der Waals surface area contributed by atoms with Crippen molar-refractivity contribution in [1.29, 1.82) is 0 Å². The Morgan fingerprint density at radius 2 is 1.62 bits per heavy atom. The Bertz CT molecular complexity index is 1230. The van der Waals surface area contributed by atoms with Crippen LogP contribution in [0.25, 0.3) is 0 Å². The summed E-state index contributed by atoms with van der Waals surface area (Å²) in [4.78, 5) is 7.55. The molecule has 0 fully saturated rings. The number of β-amino-alcohol motifs (C(OH)–C–C–N with tert-alkyl or cyclic N) is 1. The molecule has 198 valence electrons. The molecule has 0 saturated heterocycles. The highest BCUT2D eigenvalue weighted by Gasteiger charge is 2.43. The Labute approximate surface area is 209 Å².